The molecule has 0 radical (unpaired) electrons. The van der Waals surface area contributed by atoms with Gasteiger partial charge >= 0.3 is 5.97 Å². The molecule has 9 heteroatoms. The van der Waals surface area contributed by atoms with Gasteiger partial charge in [-0.25, -0.2) is 9.78 Å². The topological polar surface area (TPSA) is 105 Å². The maximum atomic E-state index is 13.1. The van der Waals surface area contributed by atoms with E-state index in [0.29, 0.717) is 22.9 Å². The average molecular weight is 446 g/mol. The van der Waals surface area contributed by atoms with E-state index in [1.165, 1.54) is 25.1 Å². The van der Waals surface area contributed by atoms with Gasteiger partial charge in [0.25, 0.3) is 5.91 Å². The fourth-order valence-electron chi connectivity index (χ4n) is 3.33. The first kappa shape index (κ1) is 21.8. The number of hydrogen-bond donors (Lipinski definition) is 1. The number of anilines is 1. The SMILES string of the molecule is CCOC(=O)c1cnn(-c2ccc3ccccc3n2)c1NC(=O)c1ccc(OC)c(OC)c1. The Hall–Kier alpha value is -4.40. The maximum absolute atomic E-state index is 13.1. The van der Waals surface area contributed by atoms with E-state index in [0.717, 1.165) is 10.9 Å². The zero-order chi connectivity index (χ0) is 23.4. The Morgan fingerprint density at radius 1 is 1.00 bits per heavy atom. The molecule has 0 atom stereocenters. The molecule has 4 rings (SSSR count). The number of amides is 1. The Balaban J connectivity index is 1.76. The van der Waals surface area contributed by atoms with Gasteiger partial charge in [0, 0.05) is 10.9 Å². The van der Waals surface area contributed by atoms with E-state index in [1.54, 1.807) is 31.2 Å². The quantitative estimate of drug-likeness (QED) is 0.430. The monoisotopic (exact) mass is 446 g/mol. The molecule has 0 fully saturated rings. The molecule has 0 saturated heterocycles. The number of ether oxygens (including phenoxy) is 3. The molecule has 9 nitrogen and oxygen atoms in total. The number of pyridine rings is 1. The molecule has 0 aliphatic carbocycles. The summed E-state index contributed by atoms with van der Waals surface area (Å²) in [5, 5.41) is 8.03. The normalized spacial score (nSPS) is 10.6. The summed E-state index contributed by atoms with van der Waals surface area (Å²) in [4.78, 5) is 30.2. The lowest BCUT2D eigenvalue weighted by Crippen LogP contribution is -2.18. The molecule has 33 heavy (non-hydrogen) atoms. The average Bonchev–Trinajstić information content (AvgIpc) is 3.26. The molecular formula is C24H22N4O5. The molecule has 1 amide bonds. The number of fused-ring (bicyclic) bond motifs is 1. The van der Waals surface area contributed by atoms with Gasteiger partial charge in [0.15, 0.2) is 23.1 Å². The maximum Gasteiger partial charge on any atom is 0.343 e. The van der Waals surface area contributed by atoms with Crippen LogP contribution < -0.4 is 14.8 Å². The van der Waals surface area contributed by atoms with Crippen LogP contribution in [0, 0.1) is 0 Å². The van der Waals surface area contributed by atoms with E-state index >= 15 is 0 Å². The minimum absolute atomic E-state index is 0.112. The van der Waals surface area contributed by atoms with Crippen LogP contribution in [0.15, 0.2) is 60.8 Å². The van der Waals surface area contributed by atoms with E-state index in [-0.39, 0.29) is 18.0 Å². The van der Waals surface area contributed by atoms with Crippen LogP contribution in [0.1, 0.15) is 27.6 Å². The summed E-state index contributed by atoms with van der Waals surface area (Å²) in [7, 11) is 3.00. The number of nitrogens with zero attached hydrogens (tertiary/aromatic N) is 3. The Bertz CT molecular complexity index is 1330. The van der Waals surface area contributed by atoms with Gasteiger partial charge in [-0.05, 0) is 43.3 Å². The summed E-state index contributed by atoms with van der Waals surface area (Å²) in [5.41, 5.74) is 1.17. The van der Waals surface area contributed by atoms with Crippen LogP contribution in [0.5, 0.6) is 11.5 Å². The number of carbonyl (C=O) groups is 2. The number of esters is 1. The van der Waals surface area contributed by atoms with E-state index < -0.39 is 11.9 Å². The molecule has 0 aliphatic heterocycles. The largest absolute Gasteiger partial charge is 0.493 e. The number of methoxy groups -OCH3 is 2. The van der Waals surface area contributed by atoms with Gasteiger partial charge in [-0.3, -0.25) is 4.79 Å². The Morgan fingerprint density at radius 2 is 1.79 bits per heavy atom. The molecule has 2 heterocycles. The summed E-state index contributed by atoms with van der Waals surface area (Å²) in [5.74, 6) is 0.409. The van der Waals surface area contributed by atoms with E-state index in [4.69, 9.17) is 14.2 Å². The Morgan fingerprint density at radius 3 is 2.55 bits per heavy atom. The van der Waals surface area contributed by atoms with Crippen LogP contribution >= 0.6 is 0 Å². The number of hydrogen-bond acceptors (Lipinski definition) is 7. The fourth-order valence-corrected chi connectivity index (χ4v) is 3.33. The molecule has 0 bridgehead atoms. The van der Waals surface area contributed by atoms with Crippen LogP contribution in [0.2, 0.25) is 0 Å². The minimum atomic E-state index is -0.604. The molecular weight excluding hydrogens is 424 g/mol. The van der Waals surface area contributed by atoms with Crippen molar-refractivity contribution in [3.8, 4) is 17.3 Å². The van der Waals surface area contributed by atoms with Crippen molar-refractivity contribution in [3.05, 3.63) is 71.9 Å². The van der Waals surface area contributed by atoms with Crippen molar-refractivity contribution in [3.63, 3.8) is 0 Å². The first-order valence-electron chi connectivity index (χ1n) is 10.2. The van der Waals surface area contributed by atoms with E-state index in [1.807, 2.05) is 30.3 Å². The van der Waals surface area contributed by atoms with Gasteiger partial charge < -0.3 is 19.5 Å². The molecule has 1 N–H and O–H groups in total. The summed E-state index contributed by atoms with van der Waals surface area (Å²) < 4.78 is 17.1. The molecule has 0 unspecified atom stereocenters. The van der Waals surface area contributed by atoms with Crippen molar-refractivity contribution in [1.82, 2.24) is 14.8 Å². The lowest BCUT2D eigenvalue weighted by Gasteiger charge is -2.12. The number of nitrogens with one attached hydrogen (secondary N) is 1. The molecule has 0 spiro atoms. The van der Waals surface area contributed by atoms with Crippen molar-refractivity contribution < 1.29 is 23.8 Å². The summed E-state index contributed by atoms with van der Waals surface area (Å²) >= 11 is 0. The highest BCUT2D eigenvalue weighted by molar-refractivity contribution is 6.07. The van der Waals surface area contributed by atoms with Gasteiger partial charge in [-0.2, -0.15) is 9.78 Å². The second kappa shape index (κ2) is 9.39. The number of para-hydroxylation sites is 1. The van der Waals surface area contributed by atoms with Gasteiger partial charge in [-0.15, -0.1) is 0 Å². The predicted molar refractivity (Wildman–Crippen MR) is 122 cm³/mol. The zero-order valence-corrected chi connectivity index (χ0v) is 18.4. The molecule has 0 aliphatic rings. The third-order valence-electron chi connectivity index (χ3n) is 4.94. The first-order valence-corrected chi connectivity index (χ1v) is 10.2. The van der Waals surface area contributed by atoms with Crippen molar-refractivity contribution in [1.29, 1.82) is 0 Å². The van der Waals surface area contributed by atoms with Crippen molar-refractivity contribution in [2.24, 2.45) is 0 Å². The second-order valence-electron chi connectivity index (χ2n) is 6.93. The third-order valence-corrected chi connectivity index (χ3v) is 4.94. The molecule has 2 aromatic carbocycles. The standard InChI is InChI=1S/C24H22N4O5/c1-4-33-24(30)17-14-25-28(21-12-10-15-7-5-6-8-18(15)26-21)22(17)27-23(29)16-9-11-19(31-2)20(13-16)32-3/h5-14H,4H2,1-3H3,(H,27,29). The highest BCUT2D eigenvalue weighted by atomic mass is 16.5. The fraction of sp³-hybridized carbons (Fsp3) is 0.167. The van der Waals surface area contributed by atoms with Crippen LogP contribution in [0.4, 0.5) is 5.82 Å². The van der Waals surface area contributed by atoms with E-state index in [2.05, 4.69) is 15.4 Å². The summed E-state index contributed by atoms with van der Waals surface area (Å²) in [6, 6.07) is 16.0. The third kappa shape index (κ3) is 4.33. The van der Waals surface area contributed by atoms with Crippen molar-refractivity contribution in [2.75, 3.05) is 26.1 Å². The van der Waals surface area contributed by atoms with Gasteiger partial charge in [0.05, 0.1) is 32.5 Å². The number of rotatable bonds is 7. The van der Waals surface area contributed by atoms with Gasteiger partial charge in [0.1, 0.15) is 5.56 Å². The van der Waals surface area contributed by atoms with Crippen LogP contribution in [0.3, 0.4) is 0 Å². The molecule has 2 aromatic heterocycles. The van der Waals surface area contributed by atoms with Crippen molar-refractivity contribution >= 4 is 28.6 Å². The van der Waals surface area contributed by atoms with Gasteiger partial charge in [-0.1, -0.05) is 18.2 Å². The summed E-state index contributed by atoms with van der Waals surface area (Å²) in [6.45, 7) is 1.89. The van der Waals surface area contributed by atoms with Crippen LogP contribution in [-0.2, 0) is 4.74 Å². The highest BCUT2D eigenvalue weighted by Gasteiger charge is 2.23. The highest BCUT2D eigenvalue weighted by Crippen LogP contribution is 2.29. The second-order valence-corrected chi connectivity index (χ2v) is 6.93. The minimum Gasteiger partial charge on any atom is -0.493 e. The first-order chi connectivity index (χ1) is 16.0. The van der Waals surface area contributed by atoms with Crippen LogP contribution in [-0.4, -0.2) is 47.5 Å². The molecule has 4 aromatic rings. The predicted octanol–water partition coefficient (Wildman–Crippen LogP) is 3.87. The summed E-state index contributed by atoms with van der Waals surface area (Å²) in [6.07, 6.45) is 1.35. The lowest BCUT2D eigenvalue weighted by atomic mass is 10.2. The van der Waals surface area contributed by atoms with Gasteiger partial charge in [0.2, 0.25) is 0 Å². The number of carbonyl (C=O) groups excluding carboxylic acids is 2. The zero-order valence-electron chi connectivity index (χ0n) is 18.4. The number of aromatic nitrogens is 3. The lowest BCUT2D eigenvalue weighted by molar-refractivity contribution is 0.0527. The van der Waals surface area contributed by atoms with Crippen LogP contribution in [0.25, 0.3) is 16.7 Å². The Kier molecular flexibility index (Phi) is 6.21. The van der Waals surface area contributed by atoms with Crippen molar-refractivity contribution in [2.45, 2.75) is 6.92 Å². The molecule has 0 saturated carbocycles. The number of benzene rings is 2. The van der Waals surface area contributed by atoms with E-state index in [9.17, 15) is 9.59 Å². The Labute approximate surface area is 189 Å². The smallest absolute Gasteiger partial charge is 0.343 e. The molecule has 168 valence electrons.